The molecule has 5 atom stereocenters. The summed E-state index contributed by atoms with van der Waals surface area (Å²) in [6.07, 6.45) is 79.0. The van der Waals surface area contributed by atoms with Crippen LogP contribution in [0.3, 0.4) is 0 Å². The van der Waals surface area contributed by atoms with Crippen LogP contribution in [0.1, 0.15) is 310 Å². The van der Waals surface area contributed by atoms with E-state index < -0.39 is 97.5 Å². The maximum Gasteiger partial charge on any atom is 0.472 e. The summed E-state index contributed by atoms with van der Waals surface area (Å²) in [7, 11) is -9.97. The molecule has 0 spiro atoms. The summed E-state index contributed by atoms with van der Waals surface area (Å²) in [5, 5.41) is 10.6. The van der Waals surface area contributed by atoms with E-state index in [1.807, 2.05) is 0 Å². The molecule has 0 amide bonds. The van der Waals surface area contributed by atoms with Crippen molar-refractivity contribution in [2.24, 2.45) is 0 Å². The average Bonchev–Trinajstić information content (AvgIpc) is 1.06. The first-order valence-corrected chi connectivity index (χ1v) is 41.8. The standard InChI is InChI=1S/C81H138O17P2/c1-5-9-13-17-21-25-29-33-36-37-40-43-46-50-54-58-62-66-79(84)92-72-77(98-81(86)68-64-60-56-52-48-44-39-35-31-27-23-19-15-11-7-3)74-96-100(89,90)94-70-75(82)69-93-99(87,88)95-73-76(97-80(85)67-63-59-55-51-47-41-32-28-24-20-16-12-8-4)71-91-78(83)65-61-57-53-49-45-42-38-34-30-26-22-18-14-10-6-2/h9,11,13,15-16,20-21,23,25,27-28,32-36,38-40,43,75-77,82H,5-8,10,12,14,17-19,22,24,26,29-31,37,41-42,44-74H2,1-4H3,(H,87,88)(H,89,90)/b13-9-,15-11-,20-16-,25-21-,27-23-,32-28-,36-33-,38-34-,39-35-,43-40-. The van der Waals surface area contributed by atoms with Gasteiger partial charge < -0.3 is 33.8 Å². The van der Waals surface area contributed by atoms with Crippen LogP contribution in [0.15, 0.2) is 122 Å². The van der Waals surface area contributed by atoms with Crippen LogP contribution in [0.25, 0.3) is 0 Å². The summed E-state index contributed by atoms with van der Waals surface area (Å²) in [4.78, 5) is 72.9. The average molecular weight is 1450 g/mol. The summed E-state index contributed by atoms with van der Waals surface area (Å²) in [5.41, 5.74) is 0. The van der Waals surface area contributed by atoms with Crippen molar-refractivity contribution in [2.75, 3.05) is 39.6 Å². The molecule has 3 N–H and O–H groups in total. The predicted molar refractivity (Wildman–Crippen MR) is 408 cm³/mol. The van der Waals surface area contributed by atoms with Crippen molar-refractivity contribution in [1.82, 2.24) is 0 Å². The van der Waals surface area contributed by atoms with Gasteiger partial charge in [0.15, 0.2) is 12.2 Å². The molecule has 0 heterocycles. The zero-order valence-corrected chi connectivity index (χ0v) is 64.4. The first-order valence-electron chi connectivity index (χ1n) is 38.8. The molecule has 0 fully saturated rings. The molecule has 0 saturated heterocycles. The highest BCUT2D eigenvalue weighted by Gasteiger charge is 2.30. The number of hydrogen-bond acceptors (Lipinski definition) is 15. The summed E-state index contributed by atoms with van der Waals surface area (Å²) in [6, 6.07) is 0. The summed E-state index contributed by atoms with van der Waals surface area (Å²) in [5.74, 6) is -2.24. The van der Waals surface area contributed by atoms with E-state index in [0.29, 0.717) is 25.7 Å². The Morgan fingerprint density at radius 1 is 0.290 bits per heavy atom. The number of ether oxygens (including phenoxy) is 4. The second-order valence-corrected chi connectivity index (χ2v) is 28.4. The third-order valence-corrected chi connectivity index (χ3v) is 17.8. The Morgan fingerprint density at radius 3 is 0.850 bits per heavy atom. The lowest BCUT2D eigenvalue weighted by molar-refractivity contribution is -0.161. The smallest absolute Gasteiger partial charge is 0.462 e. The molecule has 0 radical (unpaired) electrons. The van der Waals surface area contributed by atoms with Gasteiger partial charge in [-0.2, -0.15) is 0 Å². The van der Waals surface area contributed by atoms with Gasteiger partial charge in [0.25, 0.3) is 0 Å². The minimum Gasteiger partial charge on any atom is -0.462 e. The van der Waals surface area contributed by atoms with Gasteiger partial charge in [0.2, 0.25) is 0 Å². The molecular formula is C81H138O17P2. The maximum atomic E-state index is 13.1. The molecule has 0 aromatic heterocycles. The third kappa shape index (κ3) is 71.8. The molecule has 0 aromatic carbocycles. The van der Waals surface area contributed by atoms with Gasteiger partial charge in [0, 0.05) is 25.7 Å². The number of phosphoric acid groups is 2. The van der Waals surface area contributed by atoms with E-state index in [9.17, 15) is 43.2 Å². The number of hydrogen-bond donors (Lipinski definition) is 3. The third-order valence-electron chi connectivity index (χ3n) is 15.9. The van der Waals surface area contributed by atoms with Crippen LogP contribution < -0.4 is 0 Å². The molecule has 574 valence electrons. The van der Waals surface area contributed by atoms with E-state index in [1.165, 1.54) is 38.5 Å². The van der Waals surface area contributed by atoms with Crippen molar-refractivity contribution in [2.45, 2.75) is 329 Å². The molecule has 5 unspecified atom stereocenters. The number of unbranched alkanes of at least 4 members (excludes halogenated alkanes) is 26. The number of aliphatic hydroxyl groups is 1. The van der Waals surface area contributed by atoms with Gasteiger partial charge in [-0.1, -0.05) is 258 Å². The second-order valence-electron chi connectivity index (χ2n) is 25.5. The van der Waals surface area contributed by atoms with Gasteiger partial charge in [-0.3, -0.25) is 37.3 Å². The largest absolute Gasteiger partial charge is 0.472 e. The van der Waals surface area contributed by atoms with Crippen molar-refractivity contribution < 1.29 is 80.2 Å². The van der Waals surface area contributed by atoms with Crippen LogP contribution >= 0.6 is 15.6 Å². The number of aliphatic hydroxyl groups excluding tert-OH is 1. The molecule has 0 rings (SSSR count). The van der Waals surface area contributed by atoms with E-state index >= 15 is 0 Å². The zero-order valence-electron chi connectivity index (χ0n) is 62.6. The molecule has 0 bridgehead atoms. The van der Waals surface area contributed by atoms with Gasteiger partial charge in [-0.25, -0.2) is 9.13 Å². The Balaban J connectivity index is 5.40. The Labute approximate surface area is 606 Å². The molecular weight excluding hydrogens is 1310 g/mol. The zero-order chi connectivity index (χ0) is 73.2. The Kier molecular flexibility index (Phi) is 69.5. The topological polar surface area (TPSA) is 237 Å². The lowest BCUT2D eigenvalue weighted by atomic mass is 10.1. The van der Waals surface area contributed by atoms with E-state index in [-0.39, 0.29) is 25.7 Å². The SMILES string of the molecule is CC/C=C\C/C=C\C/C=C\C/C=C\CCCCCCC(=O)OCC(COP(=O)(O)OCC(O)COP(=O)(O)OCC(COC(=O)CCCCCCC/C=C\CCCCCCCC)OC(=O)CCCCCCC/C=C\C/C=C\CCC)OC(=O)CCCCCCC/C=C\C/C=C\C/C=C\CC. The first kappa shape index (κ1) is 95.5. The van der Waals surface area contributed by atoms with Crippen molar-refractivity contribution in [3.63, 3.8) is 0 Å². The lowest BCUT2D eigenvalue weighted by Crippen LogP contribution is -2.30. The van der Waals surface area contributed by atoms with Gasteiger partial charge in [-0.05, 0) is 148 Å². The Bertz CT molecular complexity index is 2370. The van der Waals surface area contributed by atoms with Crippen molar-refractivity contribution in [3.05, 3.63) is 122 Å². The maximum absolute atomic E-state index is 13.1. The van der Waals surface area contributed by atoms with Crippen molar-refractivity contribution in [1.29, 1.82) is 0 Å². The van der Waals surface area contributed by atoms with Crippen LogP contribution in [0.2, 0.25) is 0 Å². The van der Waals surface area contributed by atoms with Crippen LogP contribution in [0.5, 0.6) is 0 Å². The fourth-order valence-corrected chi connectivity index (χ4v) is 11.6. The van der Waals surface area contributed by atoms with Gasteiger partial charge >= 0.3 is 39.5 Å². The normalized spacial score (nSPS) is 14.6. The summed E-state index contributed by atoms with van der Waals surface area (Å²) in [6.45, 7) is 4.51. The van der Waals surface area contributed by atoms with E-state index in [0.717, 1.165) is 193 Å². The highest BCUT2D eigenvalue weighted by Crippen LogP contribution is 2.45. The summed E-state index contributed by atoms with van der Waals surface area (Å²) < 4.78 is 68.5. The van der Waals surface area contributed by atoms with E-state index in [1.54, 1.807) is 0 Å². The number of rotatable bonds is 72. The van der Waals surface area contributed by atoms with Crippen molar-refractivity contribution in [3.8, 4) is 0 Å². The molecule has 0 aromatic rings. The predicted octanol–water partition coefficient (Wildman–Crippen LogP) is 22.3. The fourth-order valence-electron chi connectivity index (χ4n) is 10.0. The molecule has 0 aliphatic rings. The van der Waals surface area contributed by atoms with Crippen molar-refractivity contribution >= 4 is 39.5 Å². The highest BCUT2D eigenvalue weighted by molar-refractivity contribution is 7.47. The lowest BCUT2D eigenvalue weighted by Gasteiger charge is -2.21. The highest BCUT2D eigenvalue weighted by atomic mass is 31.2. The first-order chi connectivity index (χ1) is 48.7. The fraction of sp³-hybridized carbons (Fsp3) is 0.704. The minimum atomic E-state index is -4.99. The molecule has 0 aliphatic heterocycles. The number of esters is 4. The molecule has 0 aliphatic carbocycles. The Hall–Kier alpha value is -4.54. The van der Waals surface area contributed by atoms with E-state index in [2.05, 4.69) is 149 Å². The number of carbonyl (C=O) groups excluding carboxylic acids is 4. The van der Waals surface area contributed by atoms with Crippen LogP contribution in [-0.4, -0.2) is 96.7 Å². The Morgan fingerprint density at radius 2 is 0.540 bits per heavy atom. The number of allylic oxidation sites excluding steroid dienone is 20. The van der Waals surface area contributed by atoms with Gasteiger partial charge in [0.1, 0.15) is 19.3 Å². The van der Waals surface area contributed by atoms with Gasteiger partial charge in [0.05, 0.1) is 26.4 Å². The molecule has 19 heteroatoms. The number of carbonyl (C=O) groups is 4. The van der Waals surface area contributed by atoms with Crippen LogP contribution in [0.4, 0.5) is 0 Å². The van der Waals surface area contributed by atoms with Gasteiger partial charge in [-0.15, -0.1) is 0 Å². The second kappa shape index (κ2) is 72.8. The quantitative estimate of drug-likeness (QED) is 0.0169. The molecule has 0 saturated carbocycles. The monoisotopic (exact) mass is 1440 g/mol. The van der Waals surface area contributed by atoms with Crippen LogP contribution in [0, 0.1) is 0 Å². The number of phosphoric ester groups is 2. The molecule has 17 nitrogen and oxygen atoms in total. The van der Waals surface area contributed by atoms with E-state index in [4.69, 9.17) is 37.0 Å². The van der Waals surface area contributed by atoms with Crippen LogP contribution in [-0.2, 0) is 65.4 Å². The minimum absolute atomic E-state index is 0.0669. The molecule has 100 heavy (non-hydrogen) atoms. The summed E-state index contributed by atoms with van der Waals surface area (Å²) >= 11 is 0.